The number of hydrogen-bond donors (Lipinski definition) is 4. The topological polar surface area (TPSA) is 174 Å². The van der Waals surface area contributed by atoms with E-state index in [4.69, 9.17) is 19.9 Å². The fraction of sp³-hybridized carbons (Fsp3) is 0.216. The number of carbonyl (C=O) groups is 1. The predicted molar refractivity (Wildman–Crippen MR) is 196 cm³/mol. The minimum atomic E-state index is -0.566. The Kier molecular flexibility index (Phi) is 11.9. The Labute approximate surface area is 284 Å². The highest BCUT2D eigenvalue weighted by atomic mass is 16.6. The number of aromatic amines is 2. The normalized spacial score (nSPS) is 10.6. The van der Waals surface area contributed by atoms with E-state index < -0.39 is 11.7 Å². The molecule has 0 aliphatic heterocycles. The first-order valence-corrected chi connectivity index (χ1v) is 14.5. The summed E-state index contributed by atoms with van der Waals surface area (Å²) in [6.07, 6.45) is -0.519. The monoisotopic (exact) mass is 666 g/mol. The zero-order valence-corrected chi connectivity index (χ0v) is 26.5. The van der Waals surface area contributed by atoms with Gasteiger partial charge in [-0.1, -0.05) is 39.1 Å². The molecule has 0 radical (unpaired) electrons. The number of hydrogen-bond acceptors (Lipinski definition) is 9. The van der Waals surface area contributed by atoms with Crippen LogP contribution < -0.4 is 31.6 Å². The van der Waals surface area contributed by atoms with Crippen LogP contribution in [0.2, 0.25) is 0 Å². The number of ether oxygens (including phenoxy) is 3. The van der Waals surface area contributed by atoms with E-state index in [9.17, 15) is 14.4 Å². The van der Waals surface area contributed by atoms with E-state index in [1.54, 1.807) is 83.5 Å². The molecule has 6 rings (SSSR count). The molecule has 6 aromatic rings. The number of nitrogens with two attached hydrogens (primary N) is 1. The molecule has 0 aliphatic rings. The summed E-state index contributed by atoms with van der Waals surface area (Å²) in [5.74, 6) is 1.24. The molecule has 12 heteroatoms. The van der Waals surface area contributed by atoms with Crippen molar-refractivity contribution in [3.05, 3.63) is 106 Å². The summed E-state index contributed by atoms with van der Waals surface area (Å²) in [6.45, 7) is 5.41. The van der Waals surface area contributed by atoms with Crippen molar-refractivity contribution in [2.75, 3.05) is 25.3 Å². The van der Waals surface area contributed by atoms with Gasteiger partial charge in [-0.05, 0) is 81.4 Å². The van der Waals surface area contributed by atoms with Gasteiger partial charge in [0.1, 0.15) is 17.1 Å². The number of H-pyrrole nitrogens is 2. The molecule has 0 bridgehead atoms. The van der Waals surface area contributed by atoms with Crippen molar-refractivity contribution in [2.45, 2.75) is 41.2 Å². The second-order valence-electron chi connectivity index (χ2n) is 11.5. The van der Waals surface area contributed by atoms with Crippen molar-refractivity contribution in [3.63, 3.8) is 0 Å². The smallest absolute Gasteiger partial charge is 0.412 e. The third-order valence-electron chi connectivity index (χ3n) is 6.98. The van der Waals surface area contributed by atoms with Crippen LogP contribution in [0.25, 0.3) is 44.1 Å². The van der Waals surface area contributed by atoms with Crippen LogP contribution in [0.1, 0.15) is 35.6 Å². The van der Waals surface area contributed by atoms with Gasteiger partial charge in [0.2, 0.25) is 0 Å². The first-order chi connectivity index (χ1) is 22.5. The first-order valence-electron chi connectivity index (χ1n) is 14.5. The van der Waals surface area contributed by atoms with E-state index >= 15 is 0 Å². The number of amides is 1. The predicted octanol–water partition coefficient (Wildman–Crippen LogP) is 7.40. The van der Waals surface area contributed by atoms with E-state index in [1.807, 2.05) is 36.4 Å². The number of carbonyl (C=O) groups excluding carboxylic acids is 1. The summed E-state index contributed by atoms with van der Waals surface area (Å²) in [4.78, 5) is 35.8. The fourth-order valence-electron chi connectivity index (χ4n) is 4.76. The number of rotatable bonds is 5. The van der Waals surface area contributed by atoms with Crippen molar-refractivity contribution < 1.29 is 19.0 Å². The average Bonchev–Trinajstić information content (AvgIpc) is 3.05. The lowest BCUT2D eigenvalue weighted by Gasteiger charge is -2.19. The minimum absolute atomic E-state index is 0. The first kappa shape index (κ1) is 37.3. The van der Waals surface area contributed by atoms with E-state index in [1.165, 1.54) is 0 Å². The highest BCUT2D eigenvalue weighted by Gasteiger charge is 2.16. The van der Waals surface area contributed by atoms with Gasteiger partial charge >= 0.3 is 6.09 Å². The van der Waals surface area contributed by atoms with Crippen LogP contribution in [0.3, 0.4) is 0 Å². The molecule has 5 N–H and O–H groups in total. The lowest BCUT2D eigenvalue weighted by atomic mass is 10.0. The van der Waals surface area contributed by atoms with Crippen LogP contribution in [0.5, 0.6) is 11.5 Å². The van der Waals surface area contributed by atoms with Crippen molar-refractivity contribution in [1.29, 1.82) is 0 Å². The molecule has 256 valence electrons. The number of methoxy groups -OCH3 is 2. The molecule has 0 aliphatic carbocycles. The summed E-state index contributed by atoms with van der Waals surface area (Å²) < 4.78 is 15.6. The maximum absolute atomic E-state index is 12.1. The molecular formula is C37H42N6O6. The van der Waals surface area contributed by atoms with Gasteiger partial charge in [0, 0.05) is 33.3 Å². The molecule has 0 atom stereocenters. The van der Waals surface area contributed by atoms with E-state index in [2.05, 4.69) is 25.7 Å². The summed E-state index contributed by atoms with van der Waals surface area (Å²) >= 11 is 0. The van der Waals surface area contributed by atoms with Crippen molar-refractivity contribution in [3.8, 4) is 34.0 Å². The van der Waals surface area contributed by atoms with Crippen LogP contribution in [0.4, 0.5) is 16.2 Å². The molecule has 0 fully saturated rings. The van der Waals surface area contributed by atoms with Crippen molar-refractivity contribution in [1.82, 2.24) is 20.4 Å². The number of nitrogens with one attached hydrogen (secondary N) is 3. The molecule has 12 nitrogen and oxygen atoms in total. The zero-order valence-electron chi connectivity index (χ0n) is 26.5. The Bertz CT molecular complexity index is 2170. The van der Waals surface area contributed by atoms with Gasteiger partial charge in [0.05, 0.1) is 36.4 Å². The zero-order chi connectivity index (χ0) is 33.7. The number of fused-ring (bicyclic) bond motifs is 2. The maximum atomic E-state index is 12.1. The Morgan fingerprint density at radius 3 is 1.51 bits per heavy atom. The van der Waals surface area contributed by atoms with Crippen LogP contribution in [0.15, 0.2) is 94.5 Å². The molecule has 4 aromatic carbocycles. The van der Waals surface area contributed by atoms with Gasteiger partial charge in [0.15, 0.2) is 0 Å². The Morgan fingerprint density at radius 2 is 1.10 bits per heavy atom. The number of nitrogens with zero attached hydrogens (tertiary/aromatic N) is 2. The van der Waals surface area contributed by atoms with Gasteiger partial charge in [-0.3, -0.25) is 14.9 Å². The van der Waals surface area contributed by atoms with Crippen LogP contribution >= 0.6 is 0 Å². The van der Waals surface area contributed by atoms with Gasteiger partial charge in [0.25, 0.3) is 11.1 Å². The third kappa shape index (κ3) is 8.80. The summed E-state index contributed by atoms with van der Waals surface area (Å²) in [7, 11) is 3.12. The standard InChI is InChI=1S/C20H21N3O4.C15H13N3O2.2CH4/c1-20(2,3)27-19(25)21-13-7-5-12(6-8-13)17-15-10-9-14(26-4)11-16(15)18(24)23-22-17;1-20-11-6-7-12-13(8-11)15(19)18-17-14(12)9-2-4-10(16)5-3-9;;/h5-11H,1-4H3,(H,21,25)(H,23,24);2-8H,16H2,1H3,(H,18,19);2*1H4. The van der Waals surface area contributed by atoms with Gasteiger partial charge in [-0.2, -0.15) is 10.2 Å². The summed E-state index contributed by atoms with van der Waals surface area (Å²) in [6, 6.07) is 25.1. The molecule has 2 aromatic heterocycles. The Morgan fingerprint density at radius 1 is 0.673 bits per heavy atom. The molecule has 0 saturated heterocycles. The van der Waals surface area contributed by atoms with Crippen LogP contribution in [0, 0.1) is 0 Å². The third-order valence-corrected chi connectivity index (χ3v) is 6.98. The highest BCUT2D eigenvalue weighted by molar-refractivity contribution is 5.96. The van der Waals surface area contributed by atoms with Gasteiger partial charge in [-0.15, -0.1) is 0 Å². The van der Waals surface area contributed by atoms with Crippen molar-refractivity contribution >= 4 is 39.0 Å². The summed E-state index contributed by atoms with van der Waals surface area (Å²) in [5, 5.41) is 18.6. The lowest BCUT2D eigenvalue weighted by molar-refractivity contribution is 0.0636. The largest absolute Gasteiger partial charge is 0.497 e. The SMILES string of the molecule is C.C.COc1ccc2c(-c3ccc(N)cc3)n[nH]c(=O)c2c1.COc1ccc2c(-c3ccc(NC(=O)OC(C)(C)C)cc3)n[nH]c(=O)c2c1. The van der Waals surface area contributed by atoms with Crippen LogP contribution in [-0.4, -0.2) is 46.3 Å². The maximum Gasteiger partial charge on any atom is 0.412 e. The minimum Gasteiger partial charge on any atom is -0.497 e. The highest BCUT2D eigenvalue weighted by Crippen LogP contribution is 2.29. The Hall–Kier alpha value is -6.17. The second-order valence-corrected chi connectivity index (χ2v) is 11.5. The van der Waals surface area contributed by atoms with Crippen LogP contribution in [-0.2, 0) is 4.74 Å². The number of aromatic nitrogens is 4. The Balaban J connectivity index is 0.000000265. The molecule has 0 spiro atoms. The molecule has 0 saturated carbocycles. The second kappa shape index (κ2) is 15.6. The number of anilines is 2. The number of nitrogen functional groups attached to an aromatic ring is 1. The average molecular weight is 667 g/mol. The van der Waals surface area contributed by atoms with E-state index in [0.717, 1.165) is 16.5 Å². The van der Waals surface area contributed by atoms with Gasteiger partial charge in [-0.25, -0.2) is 15.0 Å². The van der Waals surface area contributed by atoms with Gasteiger partial charge < -0.3 is 19.9 Å². The van der Waals surface area contributed by atoms with Crippen molar-refractivity contribution in [2.24, 2.45) is 0 Å². The molecular weight excluding hydrogens is 624 g/mol. The quantitative estimate of drug-likeness (QED) is 0.137. The van der Waals surface area contributed by atoms with E-state index in [-0.39, 0.29) is 26.0 Å². The molecule has 2 heterocycles. The molecule has 0 unspecified atom stereocenters. The fourth-order valence-corrected chi connectivity index (χ4v) is 4.76. The molecule has 1 amide bonds. The molecule has 49 heavy (non-hydrogen) atoms. The summed E-state index contributed by atoms with van der Waals surface area (Å²) in [5.41, 5.74) is 8.93. The number of benzene rings is 4. The lowest BCUT2D eigenvalue weighted by Crippen LogP contribution is -2.27. The van der Waals surface area contributed by atoms with E-state index in [0.29, 0.717) is 50.4 Å².